The minimum absolute atomic E-state index is 0.0570. The van der Waals surface area contributed by atoms with E-state index in [-0.39, 0.29) is 6.04 Å². The van der Waals surface area contributed by atoms with Crippen molar-refractivity contribution in [2.75, 3.05) is 6.79 Å². The number of unbranched alkanes of at least 4 members (excludes halogenated alkanes) is 1. The molecular formula is C12H17NO2. The summed E-state index contributed by atoms with van der Waals surface area (Å²) in [5.41, 5.74) is 7.19. The Morgan fingerprint density at radius 1 is 1.40 bits per heavy atom. The van der Waals surface area contributed by atoms with Gasteiger partial charge in [0, 0.05) is 11.6 Å². The van der Waals surface area contributed by atoms with E-state index >= 15 is 0 Å². The van der Waals surface area contributed by atoms with Gasteiger partial charge < -0.3 is 15.2 Å². The Morgan fingerprint density at radius 3 is 3.07 bits per heavy atom. The van der Waals surface area contributed by atoms with E-state index in [9.17, 15) is 0 Å². The molecule has 0 unspecified atom stereocenters. The van der Waals surface area contributed by atoms with Crippen molar-refractivity contribution in [2.45, 2.75) is 32.2 Å². The Kier molecular flexibility index (Phi) is 3.11. The number of benzene rings is 1. The van der Waals surface area contributed by atoms with Gasteiger partial charge in [-0.05, 0) is 12.5 Å². The smallest absolute Gasteiger partial charge is 0.231 e. The topological polar surface area (TPSA) is 44.5 Å². The molecule has 0 amide bonds. The first-order valence-electron chi connectivity index (χ1n) is 5.47. The van der Waals surface area contributed by atoms with Crippen molar-refractivity contribution in [3.05, 3.63) is 23.8 Å². The van der Waals surface area contributed by atoms with Gasteiger partial charge in [-0.25, -0.2) is 0 Å². The highest BCUT2D eigenvalue weighted by atomic mass is 16.7. The summed E-state index contributed by atoms with van der Waals surface area (Å²) in [7, 11) is 0. The fourth-order valence-corrected chi connectivity index (χ4v) is 1.82. The molecule has 15 heavy (non-hydrogen) atoms. The highest BCUT2D eigenvalue weighted by Gasteiger charge is 2.20. The summed E-state index contributed by atoms with van der Waals surface area (Å²) < 4.78 is 10.7. The highest BCUT2D eigenvalue weighted by Crippen LogP contribution is 2.38. The van der Waals surface area contributed by atoms with Crippen LogP contribution in [0.15, 0.2) is 18.2 Å². The average Bonchev–Trinajstić information content (AvgIpc) is 2.73. The van der Waals surface area contributed by atoms with Crippen molar-refractivity contribution in [3.8, 4) is 11.5 Å². The van der Waals surface area contributed by atoms with Crippen LogP contribution in [0.3, 0.4) is 0 Å². The van der Waals surface area contributed by atoms with Crippen LogP contribution < -0.4 is 15.2 Å². The lowest BCUT2D eigenvalue weighted by Crippen LogP contribution is -2.10. The summed E-state index contributed by atoms with van der Waals surface area (Å²) in [5.74, 6) is 1.65. The van der Waals surface area contributed by atoms with E-state index in [0.29, 0.717) is 6.79 Å². The van der Waals surface area contributed by atoms with E-state index in [2.05, 4.69) is 6.92 Å². The van der Waals surface area contributed by atoms with Gasteiger partial charge in [0.15, 0.2) is 11.5 Å². The first-order chi connectivity index (χ1) is 7.33. The van der Waals surface area contributed by atoms with E-state index in [1.54, 1.807) is 0 Å². The molecule has 3 nitrogen and oxygen atoms in total. The van der Waals surface area contributed by atoms with Gasteiger partial charge in [-0.1, -0.05) is 31.9 Å². The lowest BCUT2D eigenvalue weighted by atomic mass is 10.0. The summed E-state index contributed by atoms with van der Waals surface area (Å²) in [6.07, 6.45) is 3.31. The van der Waals surface area contributed by atoms with E-state index in [0.717, 1.165) is 29.9 Å². The van der Waals surface area contributed by atoms with Crippen molar-refractivity contribution in [1.29, 1.82) is 0 Å². The second-order valence-electron chi connectivity index (χ2n) is 3.83. The van der Waals surface area contributed by atoms with Crippen molar-refractivity contribution >= 4 is 0 Å². The lowest BCUT2D eigenvalue weighted by Gasteiger charge is -2.13. The summed E-state index contributed by atoms with van der Waals surface area (Å²) in [6, 6.07) is 5.96. The lowest BCUT2D eigenvalue weighted by molar-refractivity contribution is 0.173. The fourth-order valence-electron chi connectivity index (χ4n) is 1.82. The van der Waals surface area contributed by atoms with Crippen LogP contribution in [0.1, 0.15) is 37.8 Å². The van der Waals surface area contributed by atoms with Gasteiger partial charge in [0.25, 0.3) is 0 Å². The van der Waals surface area contributed by atoms with Crippen LogP contribution in [0.4, 0.5) is 0 Å². The third-order valence-electron chi connectivity index (χ3n) is 2.70. The summed E-state index contributed by atoms with van der Waals surface area (Å²) in [6.45, 7) is 2.48. The Morgan fingerprint density at radius 2 is 2.27 bits per heavy atom. The molecule has 0 bridgehead atoms. The van der Waals surface area contributed by atoms with Crippen molar-refractivity contribution in [1.82, 2.24) is 0 Å². The van der Waals surface area contributed by atoms with Gasteiger partial charge in [0.1, 0.15) is 0 Å². The van der Waals surface area contributed by atoms with E-state index in [1.807, 2.05) is 18.2 Å². The predicted octanol–water partition coefficient (Wildman–Crippen LogP) is 2.61. The molecule has 0 spiro atoms. The van der Waals surface area contributed by atoms with Crippen LogP contribution in [0, 0.1) is 0 Å². The van der Waals surface area contributed by atoms with Crippen LogP contribution in [-0.4, -0.2) is 6.79 Å². The second-order valence-corrected chi connectivity index (χ2v) is 3.83. The van der Waals surface area contributed by atoms with Crippen LogP contribution >= 0.6 is 0 Å². The first-order valence-corrected chi connectivity index (χ1v) is 5.47. The van der Waals surface area contributed by atoms with Gasteiger partial charge in [0.2, 0.25) is 6.79 Å². The number of para-hydroxylation sites is 1. The second kappa shape index (κ2) is 4.53. The molecule has 1 atom stereocenters. The quantitative estimate of drug-likeness (QED) is 0.825. The van der Waals surface area contributed by atoms with Crippen molar-refractivity contribution < 1.29 is 9.47 Å². The maximum Gasteiger partial charge on any atom is 0.231 e. The molecule has 1 aromatic carbocycles. The normalized spacial score (nSPS) is 15.3. The molecule has 2 N–H and O–H groups in total. The average molecular weight is 207 g/mol. The summed E-state index contributed by atoms with van der Waals surface area (Å²) >= 11 is 0. The highest BCUT2D eigenvalue weighted by molar-refractivity contribution is 5.49. The van der Waals surface area contributed by atoms with Crippen LogP contribution in [-0.2, 0) is 0 Å². The van der Waals surface area contributed by atoms with Crippen molar-refractivity contribution in [2.24, 2.45) is 5.73 Å². The zero-order valence-electron chi connectivity index (χ0n) is 9.03. The third kappa shape index (κ3) is 2.07. The van der Waals surface area contributed by atoms with Crippen LogP contribution in [0.5, 0.6) is 11.5 Å². The first kappa shape index (κ1) is 10.3. The zero-order valence-corrected chi connectivity index (χ0v) is 9.03. The van der Waals surface area contributed by atoms with Gasteiger partial charge >= 0.3 is 0 Å². The van der Waals surface area contributed by atoms with E-state index < -0.39 is 0 Å². The number of hydrogen-bond acceptors (Lipinski definition) is 3. The molecule has 1 aromatic rings. The fraction of sp³-hybridized carbons (Fsp3) is 0.500. The van der Waals surface area contributed by atoms with Gasteiger partial charge in [-0.2, -0.15) is 0 Å². The molecule has 0 saturated heterocycles. The molecule has 3 heteroatoms. The van der Waals surface area contributed by atoms with Crippen LogP contribution in [0.25, 0.3) is 0 Å². The molecule has 0 aromatic heterocycles. The van der Waals surface area contributed by atoms with Crippen LogP contribution in [0.2, 0.25) is 0 Å². The van der Waals surface area contributed by atoms with Crippen molar-refractivity contribution in [3.63, 3.8) is 0 Å². The van der Waals surface area contributed by atoms with E-state index in [4.69, 9.17) is 15.2 Å². The SMILES string of the molecule is CCCC[C@@H](N)c1cccc2c1OCO2. The van der Waals surface area contributed by atoms with Gasteiger partial charge in [-0.3, -0.25) is 0 Å². The number of nitrogens with two attached hydrogens (primary N) is 1. The molecule has 0 radical (unpaired) electrons. The molecule has 0 saturated carbocycles. The summed E-state index contributed by atoms with van der Waals surface area (Å²) in [5, 5.41) is 0. The van der Waals surface area contributed by atoms with Gasteiger partial charge in [0.05, 0.1) is 0 Å². The minimum atomic E-state index is 0.0570. The molecule has 1 heterocycles. The zero-order chi connectivity index (χ0) is 10.7. The molecule has 1 aliphatic rings. The maximum atomic E-state index is 6.12. The third-order valence-corrected chi connectivity index (χ3v) is 2.70. The monoisotopic (exact) mass is 207 g/mol. The molecule has 0 fully saturated rings. The summed E-state index contributed by atoms with van der Waals surface area (Å²) in [4.78, 5) is 0. The Hall–Kier alpha value is -1.22. The number of hydrogen-bond donors (Lipinski definition) is 1. The molecule has 0 aliphatic carbocycles. The predicted molar refractivity (Wildman–Crippen MR) is 59.0 cm³/mol. The molecule has 1 aliphatic heterocycles. The number of ether oxygens (including phenoxy) is 2. The Labute approximate surface area is 90.2 Å². The number of fused-ring (bicyclic) bond motifs is 1. The Bertz CT molecular complexity index is 338. The molecule has 2 rings (SSSR count). The molecular weight excluding hydrogens is 190 g/mol. The standard InChI is InChI=1S/C12H17NO2/c1-2-3-6-10(13)9-5-4-7-11-12(9)15-8-14-11/h4-5,7,10H,2-3,6,8,13H2,1H3/t10-/m1/s1. The number of rotatable bonds is 4. The van der Waals surface area contributed by atoms with Gasteiger partial charge in [-0.15, -0.1) is 0 Å². The Balaban J connectivity index is 2.17. The van der Waals surface area contributed by atoms with E-state index in [1.165, 1.54) is 6.42 Å². The largest absolute Gasteiger partial charge is 0.454 e. The minimum Gasteiger partial charge on any atom is -0.454 e. The molecule has 82 valence electrons. The maximum absolute atomic E-state index is 6.12.